The molecule has 102 valence electrons. The molecule has 2 aromatic rings. The number of nitrogen functional groups attached to an aromatic ring is 1. The fraction of sp³-hybridized carbons (Fsp3) is 0.467. The number of nitrogens with zero attached hydrogens (tertiary/aromatic N) is 3. The summed E-state index contributed by atoms with van der Waals surface area (Å²) in [6.07, 6.45) is 3.80. The largest absolute Gasteiger partial charge is 0.396 e. The maximum atomic E-state index is 9.08. The van der Waals surface area contributed by atoms with Crippen LogP contribution in [-0.2, 0) is 13.0 Å². The first-order valence-corrected chi connectivity index (χ1v) is 7.89. The predicted molar refractivity (Wildman–Crippen MR) is 80.5 cm³/mol. The highest BCUT2D eigenvalue weighted by Crippen LogP contribution is 2.35. The summed E-state index contributed by atoms with van der Waals surface area (Å²) in [5, 5.41) is 10.0. The van der Waals surface area contributed by atoms with Gasteiger partial charge in [-0.25, -0.2) is 4.98 Å². The first-order valence-electron chi connectivity index (χ1n) is 7.08. The summed E-state index contributed by atoms with van der Waals surface area (Å²) in [4.78, 5) is 8.76. The number of hydrogen-bond acceptors (Lipinski definition) is 5. The molecule has 2 N–H and O–H groups in total. The van der Waals surface area contributed by atoms with E-state index in [0.717, 1.165) is 35.6 Å². The summed E-state index contributed by atoms with van der Waals surface area (Å²) < 4.78 is 0. The molecule has 4 nitrogen and oxygen atoms in total. The van der Waals surface area contributed by atoms with Crippen molar-refractivity contribution in [1.82, 2.24) is 9.88 Å². The highest BCUT2D eigenvalue weighted by molar-refractivity contribution is 7.19. The topological polar surface area (TPSA) is 65.9 Å². The van der Waals surface area contributed by atoms with Crippen LogP contribution in [0, 0.1) is 17.2 Å². The van der Waals surface area contributed by atoms with Crippen LogP contribution in [0.1, 0.15) is 29.0 Å². The Labute approximate surface area is 121 Å². The number of aromatic nitrogens is 1. The van der Waals surface area contributed by atoms with Gasteiger partial charge in [-0.2, -0.15) is 5.26 Å². The second-order valence-corrected chi connectivity index (χ2v) is 6.83. The zero-order valence-corrected chi connectivity index (χ0v) is 12.0. The molecule has 1 saturated carbocycles. The maximum absolute atomic E-state index is 9.08. The van der Waals surface area contributed by atoms with Gasteiger partial charge >= 0.3 is 0 Å². The number of rotatable bonds is 2. The Morgan fingerprint density at radius 2 is 2.35 bits per heavy atom. The summed E-state index contributed by atoms with van der Waals surface area (Å²) in [6, 6.07) is 4.32. The van der Waals surface area contributed by atoms with Crippen molar-refractivity contribution in [3.8, 4) is 6.07 Å². The van der Waals surface area contributed by atoms with Crippen molar-refractivity contribution >= 4 is 27.2 Å². The minimum Gasteiger partial charge on any atom is -0.396 e. The molecular formula is C15H16N4S. The Balaban J connectivity index is 1.72. The lowest BCUT2D eigenvalue weighted by Gasteiger charge is -2.28. The van der Waals surface area contributed by atoms with E-state index in [1.165, 1.54) is 42.0 Å². The van der Waals surface area contributed by atoms with Crippen LogP contribution in [-0.4, -0.2) is 23.0 Å². The average molecular weight is 284 g/mol. The lowest BCUT2D eigenvalue weighted by molar-refractivity contribution is 0.242. The highest BCUT2D eigenvalue weighted by atomic mass is 32.1. The first-order chi connectivity index (χ1) is 9.74. The molecule has 0 aromatic carbocycles. The van der Waals surface area contributed by atoms with Gasteiger partial charge in [0, 0.05) is 37.1 Å². The number of nitrogens with two attached hydrogens (primary N) is 1. The van der Waals surface area contributed by atoms with Crippen molar-refractivity contribution in [3.63, 3.8) is 0 Å². The van der Waals surface area contributed by atoms with E-state index >= 15 is 0 Å². The average Bonchev–Trinajstić information content (AvgIpc) is 3.21. The lowest BCUT2D eigenvalue weighted by atomic mass is 10.0. The molecule has 0 bridgehead atoms. The smallest absolute Gasteiger partial charge is 0.130 e. The van der Waals surface area contributed by atoms with Gasteiger partial charge in [0.2, 0.25) is 0 Å². The molecule has 0 amide bonds. The number of pyridine rings is 1. The van der Waals surface area contributed by atoms with Gasteiger partial charge in [0.25, 0.3) is 0 Å². The molecule has 1 aliphatic carbocycles. The van der Waals surface area contributed by atoms with Gasteiger partial charge in [0.15, 0.2) is 0 Å². The monoisotopic (exact) mass is 284 g/mol. The molecule has 3 heterocycles. The number of fused-ring (bicyclic) bond motifs is 2. The molecule has 2 aromatic heterocycles. The van der Waals surface area contributed by atoms with Crippen LogP contribution in [0.4, 0.5) is 5.69 Å². The molecule has 0 saturated heterocycles. The van der Waals surface area contributed by atoms with Gasteiger partial charge in [0.1, 0.15) is 15.8 Å². The summed E-state index contributed by atoms with van der Waals surface area (Å²) in [6.45, 7) is 3.31. The SMILES string of the molecule is N#Cc1sc2nc3c(cc2c1N)CN(CC1CC1)CC3. The minimum absolute atomic E-state index is 0.588. The van der Waals surface area contributed by atoms with Gasteiger partial charge in [-0.15, -0.1) is 11.3 Å². The van der Waals surface area contributed by atoms with Crippen molar-refractivity contribution in [2.45, 2.75) is 25.8 Å². The fourth-order valence-corrected chi connectivity index (χ4v) is 3.85. The van der Waals surface area contributed by atoms with E-state index in [1.54, 1.807) is 0 Å². The van der Waals surface area contributed by atoms with Gasteiger partial charge in [0.05, 0.1) is 5.69 Å². The van der Waals surface area contributed by atoms with E-state index < -0.39 is 0 Å². The van der Waals surface area contributed by atoms with Crippen molar-refractivity contribution in [3.05, 3.63) is 22.2 Å². The van der Waals surface area contributed by atoms with E-state index in [-0.39, 0.29) is 0 Å². The molecule has 20 heavy (non-hydrogen) atoms. The summed E-state index contributed by atoms with van der Waals surface area (Å²) in [5.41, 5.74) is 9.12. The molecule has 5 heteroatoms. The third-order valence-electron chi connectivity index (χ3n) is 4.26. The normalized spacial score (nSPS) is 18.9. The molecule has 1 aliphatic heterocycles. The highest BCUT2D eigenvalue weighted by Gasteiger charge is 2.27. The van der Waals surface area contributed by atoms with Crippen molar-refractivity contribution in [1.29, 1.82) is 5.26 Å². The molecule has 2 aliphatic rings. The Morgan fingerprint density at radius 3 is 3.10 bits per heavy atom. The number of thiophene rings is 1. The van der Waals surface area contributed by atoms with Crippen LogP contribution in [0.2, 0.25) is 0 Å². The van der Waals surface area contributed by atoms with Crippen LogP contribution in [0.25, 0.3) is 10.2 Å². The van der Waals surface area contributed by atoms with Crippen LogP contribution in [0.3, 0.4) is 0 Å². The van der Waals surface area contributed by atoms with Gasteiger partial charge in [-0.05, 0) is 30.4 Å². The summed E-state index contributed by atoms with van der Waals surface area (Å²) in [5.74, 6) is 0.921. The van der Waals surface area contributed by atoms with E-state index in [1.807, 2.05) is 0 Å². The van der Waals surface area contributed by atoms with Gasteiger partial charge in [-0.3, -0.25) is 4.90 Å². The third-order valence-corrected chi connectivity index (χ3v) is 5.28. The number of hydrogen-bond donors (Lipinski definition) is 1. The number of anilines is 1. The minimum atomic E-state index is 0.588. The molecule has 0 unspecified atom stereocenters. The van der Waals surface area contributed by atoms with Crippen LogP contribution >= 0.6 is 11.3 Å². The van der Waals surface area contributed by atoms with Gasteiger partial charge < -0.3 is 5.73 Å². The maximum Gasteiger partial charge on any atom is 0.130 e. The van der Waals surface area contributed by atoms with Crippen LogP contribution < -0.4 is 5.73 Å². The first kappa shape index (κ1) is 12.1. The Morgan fingerprint density at radius 1 is 1.50 bits per heavy atom. The van der Waals surface area contributed by atoms with Crippen molar-refractivity contribution < 1.29 is 0 Å². The molecule has 0 spiro atoms. The predicted octanol–water partition coefficient (Wildman–Crippen LogP) is 2.52. The second kappa shape index (κ2) is 4.44. The Bertz CT molecular complexity index is 724. The molecule has 1 fully saturated rings. The van der Waals surface area contributed by atoms with Crippen molar-refractivity contribution in [2.24, 2.45) is 5.92 Å². The van der Waals surface area contributed by atoms with E-state index in [0.29, 0.717) is 10.6 Å². The lowest BCUT2D eigenvalue weighted by Crippen LogP contribution is -2.32. The van der Waals surface area contributed by atoms with Crippen molar-refractivity contribution in [2.75, 3.05) is 18.8 Å². The fourth-order valence-electron chi connectivity index (χ4n) is 2.96. The zero-order valence-electron chi connectivity index (χ0n) is 11.2. The molecule has 4 rings (SSSR count). The Hall–Kier alpha value is -1.64. The molecular weight excluding hydrogens is 268 g/mol. The quantitative estimate of drug-likeness (QED) is 0.920. The standard InChI is InChI=1S/C15H16N4S/c16-6-13-14(17)11-5-10-8-19(7-9-1-2-9)4-3-12(10)18-15(11)20-13/h5,9H,1-4,7-8,17H2. The number of nitriles is 1. The van der Waals surface area contributed by atoms with E-state index in [2.05, 4.69) is 17.0 Å². The Kier molecular flexibility index (Phi) is 2.69. The van der Waals surface area contributed by atoms with E-state index in [4.69, 9.17) is 16.0 Å². The summed E-state index contributed by atoms with van der Waals surface area (Å²) in [7, 11) is 0. The van der Waals surface area contributed by atoms with Crippen LogP contribution in [0.15, 0.2) is 6.07 Å². The second-order valence-electron chi connectivity index (χ2n) is 5.83. The van der Waals surface area contributed by atoms with Crippen LogP contribution in [0.5, 0.6) is 0 Å². The molecule has 0 radical (unpaired) electrons. The summed E-state index contributed by atoms with van der Waals surface area (Å²) >= 11 is 1.41. The molecule has 0 atom stereocenters. The van der Waals surface area contributed by atoms with Gasteiger partial charge in [-0.1, -0.05) is 0 Å². The third kappa shape index (κ3) is 1.96. The van der Waals surface area contributed by atoms with E-state index in [9.17, 15) is 0 Å². The zero-order chi connectivity index (χ0) is 13.7.